The molecule has 20 heavy (non-hydrogen) atoms. The summed E-state index contributed by atoms with van der Waals surface area (Å²) in [6, 6.07) is 5.90. The fraction of sp³-hybridized carbons (Fsp3) is 0.500. The summed E-state index contributed by atoms with van der Waals surface area (Å²) in [6.07, 6.45) is -5.54. The summed E-state index contributed by atoms with van der Waals surface area (Å²) < 4.78 is 61.2. The highest BCUT2D eigenvalue weighted by Crippen LogP contribution is 2.22. The number of halogens is 3. The largest absolute Gasteiger partial charge is 0.390 e. The number of rotatable bonds is 6. The second kappa shape index (κ2) is 6.45. The minimum Gasteiger partial charge on any atom is -0.385 e. The van der Waals surface area contributed by atoms with Crippen molar-refractivity contribution in [1.82, 2.24) is 4.31 Å². The maximum absolute atomic E-state index is 12.1. The second-order valence-corrected chi connectivity index (χ2v) is 6.29. The molecule has 0 radical (unpaired) electrons. The van der Waals surface area contributed by atoms with Crippen LogP contribution in [0.2, 0.25) is 0 Å². The van der Waals surface area contributed by atoms with E-state index in [4.69, 9.17) is 0 Å². The van der Waals surface area contributed by atoms with Crippen LogP contribution in [0.25, 0.3) is 0 Å². The predicted molar refractivity (Wildman–Crippen MR) is 71.1 cm³/mol. The molecule has 1 N–H and O–H groups in total. The first kappa shape index (κ1) is 16.8. The van der Waals surface area contributed by atoms with E-state index < -0.39 is 29.2 Å². The van der Waals surface area contributed by atoms with Crippen LogP contribution in [0.5, 0.6) is 0 Å². The summed E-state index contributed by atoms with van der Waals surface area (Å²) in [5, 5.41) is 3.00. The van der Waals surface area contributed by atoms with Crippen LogP contribution in [0.1, 0.15) is 13.3 Å². The van der Waals surface area contributed by atoms with Crippen molar-refractivity contribution < 1.29 is 21.6 Å². The van der Waals surface area contributed by atoms with Crippen molar-refractivity contribution >= 4 is 15.7 Å². The molecular formula is C12H17F3N2O2S. The summed E-state index contributed by atoms with van der Waals surface area (Å²) >= 11 is 0. The third kappa shape index (κ3) is 4.68. The van der Waals surface area contributed by atoms with Gasteiger partial charge in [0.25, 0.3) is 0 Å². The molecule has 0 aliphatic heterocycles. The van der Waals surface area contributed by atoms with Gasteiger partial charge < -0.3 is 5.32 Å². The first-order chi connectivity index (χ1) is 9.16. The van der Waals surface area contributed by atoms with Crippen molar-refractivity contribution in [2.75, 3.05) is 25.5 Å². The molecule has 0 aliphatic carbocycles. The normalized spacial score (nSPS) is 12.7. The number of nitrogens with one attached hydrogen (secondary N) is 1. The molecule has 0 aliphatic rings. The molecule has 8 heteroatoms. The number of hydrogen-bond donors (Lipinski definition) is 1. The zero-order chi connectivity index (χ0) is 15.4. The van der Waals surface area contributed by atoms with Crippen molar-refractivity contribution in [2.45, 2.75) is 24.4 Å². The number of alkyl halides is 3. The highest BCUT2D eigenvalue weighted by atomic mass is 32.2. The molecule has 1 aromatic rings. The number of sulfonamides is 1. The van der Waals surface area contributed by atoms with Gasteiger partial charge in [-0.25, -0.2) is 12.7 Å². The molecule has 0 atom stereocenters. The predicted octanol–water partition coefficient (Wildman–Crippen LogP) is 2.69. The molecule has 0 saturated heterocycles. The first-order valence-corrected chi connectivity index (χ1v) is 7.48. The molecule has 0 amide bonds. The zero-order valence-corrected chi connectivity index (χ0v) is 12.1. The van der Waals surface area contributed by atoms with E-state index in [1.165, 1.54) is 12.1 Å². The van der Waals surface area contributed by atoms with E-state index in [1.54, 1.807) is 12.1 Å². The van der Waals surface area contributed by atoms with Crippen LogP contribution in [-0.4, -0.2) is 39.0 Å². The van der Waals surface area contributed by atoms with E-state index >= 15 is 0 Å². The molecule has 1 rings (SSSR count). The Morgan fingerprint density at radius 1 is 1.20 bits per heavy atom. The van der Waals surface area contributed by atoms with Crippen LogP contribution in [0.3, 0.4) is 0 Å². The molecule has 0 fully saturated rings. The van der Waals surface area contributed by atoms with E-state index in [0.717, 1.165) is 12.7 Å². The van der Waals surface area contributed by atoms with Gasteiger partial charge in [-0.15, -0.1) is 0 Å². The average molecular weight is 310 g/mol. The molecule has 0 spiro atoms. The van der Waals surface area contributed by atoms with E-state index in [1.807, 2.05) is 6.92 Å². The Morgan fingerprint density at radius 2 is 1.75 bits per heavy atom. The van der Waals surface area contributed by atoms with Crippen molar-refractivity contribution in [1.29, 1.82) is 0 Å². The zero-order valence-electron chi connectivity index (χ0n) is 11.2. The number of anilines is 1. The number of hydrogen-bond acceptors (Lipinski definition) is 3. The topological polar surface area (TPSA) is 49.4 Å². The molecule has 1 aromatic carbocycles. The Balaban J connectivity index is 2.81. The lowest BCUT2D eigenvalue weighted by Crippen LogP contribution is -2.30. The van der Waals surface area contributed by atoms with Gasteiger partial charge in [0.05, 0.1) is 11.3 Å². The summed E-state index contributed by atoms with van der Waals surface area (Å²) in [6.45, 7) is 1.99. The molecular weight excluding hydrogens is 293 g/mol. The van der Waals surface area contributed by atoms with Gasteiger partial charge in [-0.05, 0) is 31.2 Å². The van der Waals surface area contributed by atoms with Crippen LogP contribution < -0.4 is 5.32 Å². The lowest BCUT2D eigenvalue weighted by molar-refractivity contribution is -0.135. The van der Waals surface area contributed by atoms with Gasteiger partial charge in [-0.3, -0.25) is 0 Å². The average Bonchev–Trinajstić information content (AvgIpc) is 2.36. The van der Waals surface area contributed by atoms with Gasteiger partial charge in [0.15, 0.2) is 0 Å². The van der Waals surface area contributed by atoms with Crippen molar-refractivity contribution in [2.24, 2.45) is 0 Å². The Morgan fingerprint density at radius 3 is 2.20 bits per heavy atom. The van der Waals surface area contributed by atoms with Crippen molar-refractivity contribution in [3.05, 3.63) is 24.3 Å². The van der Waals surface area contributed by atoms with E-state index in [9.17, 15) is 21.6 Å². The van der Waals surface area contributed by atoms with Crippen molar-refractivity contribution in [3.8, 4) is 0 Å². The lowest BCUT2D eigenvalue weighted by Gasteiger charge is -2.18. The van der Waals surface area contributed by atoms with Gasteiger partial charge in [-0.1, -0.05) is 0 Å². The third-order valence-corrected chi connectivity index (χ3v) is 4.52. The quantitative estimate of drug-likeness (QED) is 0.879. The highest BCUT2D eigenvalue weighted by molar-refractivity contribution is 7.89. The summed E-state index contributed by atoms with van der Waals surface area (Å²) in [4.78, 5) is -0.0242. The molecule has 4 nitrogen and oxygen atoms in total. The SMILES string of the molecule is CCNc1ccc(S(=O)(=O)N(C)CCC(F)(F)F)cc1. The maximum atomic E-state index is 12.1. The Hall–Kier alpha value is -1.28. The van der Waals surface area contributed by atoms with E-state index in [-0.39, 0.29) is 4.90 Å². The lowest BCUT2D eigenvalue weighted by atomic mass is 10.3. The minimum atomic E-state index is -4.38. The first-order valence-electron chi connectivity index (χ1n) is 6.04. The van der Waals surface area contributed by atoms with Gasteiger partial charge in [0.2, 0.25) is 10.0 Å². The second-order valence-electron chi connectivity index (χ2n) is 4.25. The Labute approximate surface area is 116 Å². The fourth-order valence-corrected chi connectivity index (χ4v) is 2.70. The molecule has 114 valence electrons. The maximum Gasteiger partial charge on any atom is 0.390 e. The third-order valence-electron chi connectivity index (χ3n) is 2.65. The van der Waals surface area contributed by atoms with Gasteiger partial charge in [0, 0.05) is 25.8 Å². The monoisotopic (exact) mass is 310 g/mol. The van der Waals surface area contributed by atoms with Crippen LogP contribution in [0.4, 0.5) is 18.9 Å². The summed E-state index contributed by atoms with van der Waals surface area (Å²) in [5.41, 5.74) is 0.754. The smallest absolute Gasteiger partial charge is 0.385 e. The number of nitrogens with zero attached hydrogens (tertiary/aromatic N) is 1. The molecule has 0 bridgehead atoms. The van der Waals surface area contributed by atoms with Crippen molar-refractivity contribution in [3.63, 3.8) is 0 Å². The highest BCUT2D eigenvalue weighted by Gasteiger charge is 2.30. The summed E-state index contributed by atoms with van der Waals surface area (Å²) in [5.74, 6) is 0. The summed E-state index contributed by atoms with van der Waals surface area (Å²) in [7, 11) is -2.75. The number of benzene rings is 1. The van der Waals surface area contributed by atoms with E-state index in [0.29, 0.717) is 10.8 Å². The van der Waals surface area contributed by atoms with Gasteiger partial charge in [-0.2, -0.15) is 13.2 Å². The van der Waals surface area contributed by atoms with Gasteiger partial charge >= 0.3 is 6.18 Å². The molecule has 0 aromatic heterocycles. The standard InChI is InChI=1S/C12H17F3N2O2S/c1-3-16-10-4-6-11(7-5-10)20(18,19)17(2)9-8-12(13,14)15/h4-7,16H,3,8-9H2,1-2H3. The van der Waals surface area contributed by atoms with Crippen LogP contribution in [0.15, 0.2) is 29.2 Å². The van der Waals surface area contributed by atoms with Crippen LogP contribution in [0, 0.1) is 0 Å². The Bertz CT molecular complexity index is 527. The van der Waals surface area contributed by atoms with Crippen LogP contribution >= 0.6 is 0 Å². The van der Waals surface area contributed by atoms with Gasteiger partial charge in [0.1, 0.15) is 0 Å². The van der Waals surface area contributed by atoms with E-state index in [2.05, 4.69) is 5.32 Å². The fourth-order valence-electron chi connectivity index (χ4n) is 1.53. The molecule has 0 heterocycles. The minimum absolute atomic E-state index is 0.0242. The molecule has 0 saturated carbocycles. The molecule has 0 unspecified atom stereocenters. The Kier molecular flexibility index (Phi) is 5.41. The van der Waals surface area contributed by atoms with Crippen LogP contribution in [-0.2, 0) is 10.0 Å².